The Morgan fingerprint density at radius 1 is 1.00 bits per heavy atom. The minimum atomic E-state index is -0.935. The number of anilines is 1. The van der Waals surface area contributed by atoms with Gasteiger partial charge in [0.1, 0.15) is 11.4 Å². The first-order valence-electron chi connectivity index (χ1n) is 10.9. The summed E-state index contributed by atoms with van der Waals surface area (Å²) < 4.78 is 16.3. The molecule has 0 saturated carbocycles. The lowest BCUT2D eigenvalue weighted by molar-refractivity contribution is -0.141. The number of piperidine rings is 1. The second-order valence-electron chi connectivity index (χ2n) is 8.45. The van der Waals surface area contributed by atoms with Crippen LogP contribution in [0.1, 0.15) is 42.4 Å². The number of fused-ring (bicyclic) bond motifs is 1. The summed E-state index contributed by atoms with van der Waals surface area (Å²) in [6, 6.07) is 14.5. The number of nitrogens with zero attached hydrogens (tertiary/aromatic N) is 1. The molecule has 1 unspecified atom stereocenters. The van der Waals surface area contributed by atoms with Crippen LogP contribution in [0.3, 0.4) is 0 Å². The van der Waals surface area contributed by atoms with Gasteiger partial charge < -0.3 is 24.2 Å². The third-order valence-corrected chi connectivity index (χ3v) is 6.84. The molecule has 1 atom stereocenters. The molecular formula is C25H33NO4. The number of methoxy groups -OCH3 is 3. The molecule has 4 rings (SSSR count). The smallest absolute Gasteiger partial charge is 0.159 e. The molecule has 1 heterocycles. The van der Waals surface area contributed by atoms with Crippen molar-refractivity contribution in [1.29, 1.82) is 0 Å². The number of hydrogen-bond donors (Lipinski definition) is 1. The zero-order chi connectivity index (χ0) is 21.1. The number of benzene rings is 2. The molecule has 0 spiro atoms. The van der Waals surface area contributed by atoms with Crippen LogP contribution in [0, 0.1) is 5.92 Å². The predicted molar refractivity (Wildman–Crippen MR) is 118 cm³/mol. The molecule has 30 heavy (non-hydrogen) atoms. The molecule has 2 aliphatic rings. The highest BCUT2D eigenvalue weighted by molar-refractivity contribution is 5.52. The van der Waals surface area contributed by atoms with E-state index in [1.807, 2.05) is 12.1 Å². The number of aryl methyl sites for hydroxylation is 1. The quantitative estimate of drug-likeness (QED) is 0.725. The molecule has 0 bridgehead atoms. The average molecular weight is 412 g/mol. The zero-order valence-corrected chi connectivity index (χ0v) is 18.3. The molecule has 162 valence electrons. The number of aliphatic hydroxyl groups is 1. The molecule has 5 heteroatoms. The standard InChI is InChI=1S/C25H33NO4/c1-28-22-10-11-23-19(17-22)5-4-14-25(23,27)20-6-8-21(9-7-20)26-15-12-18(13-16-26)24(29-2)30-3/h6-11,17-18,24,27H,4-5,12-16H2,1-3H3. The Labute approximate surface area is 179 Å². The Morgan fingerprint density at radius 2 is 1.70 bits per heavy atom. The highest BCUT2D eigenvalue weighted by Gasteiger charge is 2.36. The summed E-state index contributed by atoms with van der Waals surface area (Å²) in [5, 5.41) is 11.6. The van der Waals surface area contributed by atoms with Gasteiger partial charge in [0, 0.05) is 38.9 Å². The van der Waals surface area contributed by atoms with Gasteiger partial charge in [0.05, 0.1) is 7.11 Å². The van der Waals surface area contributed by atoms with Gasteiger partial charge in [0.2, 0.25) is 0 Å². The van der Waals surface area contributed by atoms with Crippen molar-refractivity contribution in [2.45, 2.75) is 44.0 Å². The van der Waals surface area contributed by atoms with Gasteiger partial charge in [-0.1, -0.05) is 18.2 Å². The molecule has 1 aliphatic heterocycles. The zero-order valence-electron chi connectivity index (χ0n) is 18.3. The summed E-state index contributed by atoms with van der Waals surface area (Å²) in [6.07, 6.45) is 4.67. The third kappa shape index (κ3) is 3.94. The maximum Gasteiger partial charge on any atom is 0.159 e. The van der Waals surface area contributed by atoms with Gasteiger partial charge in [-0.25, -0.2) is 0 Å². The molecule has 1 N–H and O–H groups in total. The average Bonchev–Trinajstić information content (AvgIpc) is 2.80. The third-order valence-electron chi connectivity index (χ3n) is 6.84. The van der Waals surface area contributed by atoms with E-state index in [1.165, 1.54) is 11.3 Å². The highest BCUT2D eigenvalue weighted by atomic mass is 16.7. The van der Waals surface area contributed by atoms with Crippen LogP contribution in [0.25, 0.3) is 0 Å². The maximum absolute atomic E-state index is 11.6. The van der Waals surface area contributed by atoms with Gasteiger partial charge in [0.25, 0.3) is 0 Å². The first-order chi connectivity index (χ1) is 14.6. The van der Waals surface area contributed by atoms with Crippen LogP contribution in [0.2, 0.25) is 0 Å². The van der Waals surface area contributed by atoms with E-state index in [0.29, 0.717) is 5.92 Å². The monoisotopic (exact) mass is 411 g/mol. The summed E-state index contributed by atoms with van der Waals surface area (Å²) in [4.78, 5) is 2.41. The fraction of sp³-hybridized carbons (Fsp3) is 0.520. The molecule has 0 radical (unpaired) electrons. The largest absolute Gasteiger partial charge is 0.497 e. The molecule has 1 fully saturated rings. The van der Waals surface area contributed by atoms with E-state index in [-0.39, 0.29) is 6.29 Å². The van der Waals surface area contributed by atoms with Crippen LogP contribution in [0.15, 0.2) is 42.5 Å². The fourth-order valence-electron chi connectivity index (χ4n) is 5.14. The lowest BCUT2D eigenvalue weighted by Crippen LogP contribution is -2.39. The van der Waals surface area contributed by atoms with Gasteiger partial charge in [-0.15, -0.1) is 0 Å². The van der Waals surface area contributed by atoms with Crippen LogP contribution in [0.4, 0.5) is 5.69 Å². The topological polar surface area (TPSA) is 51.2 Å². The van der Waals surface area contributed by atoms with Crippen LogP contribution >= 0.6 is 0 Å². The molecule has 2 aromatic rings. The van der Waals surface area contributed by atoms with Crippen molar-refractivity contribution >= 4 is 5.69 Å². The number of rotatable bonds is 6. The second-order valence-corrected chi connectivity index (χ2v) is 8.45. The van der Waals surface area contributed by atoms with Crippen molar-refractivity contribution in [1.82, 2.24) is 0 Å². The summed E-state index contributed by atoms with van der Waals surface area (Å²) in [5.41, 5.74) is 3.42. The van der Waals surface area contributed by atoms with Gasteiger partial charge in [0.15, 0.2) is 6.29 Å². The van der Waals surface area contributed by atoms with E-state index >= 15 is 0 Å². The second kappa shape index (κ2) is 8.96. The van der Waals surface area contributed by atoms with Crippen molar-refractivity contribution in [2.75, 3.05) is 39.3 Å². The predicted octanol–water partition coefficient (Wildman–Crippen LogP) is 4.10. The van der Waals surface area contributed by atoms with Crippen LogP contribution < -0.4 is 9.64 Å². The van der Waals surface area contributed by atoms with Crippen molar-refractivity contribution in [3.05, 3.63) is 59.2 Å². The normalized spacial score (nSPS) is 22.2. The molecular weight excluding hydrogens is 378 g/mol. The van der Waals surface area contributed by atoms with E-state index < -0.39 is 5.60 Å². The first-order valence-corrected chi connectivity index (χ1v) is 10.9. The number of ether oxygens (including phenoxy) is 3. The summed E-state index contributed by atoms with van der Waals surface area (Å²) >= 11 is 0. The summed E-state index contributed by atoms with van der Waals surface area (Å²) in [5.74, 6) is 1.29. The molecule has 5 nitrogen and oxygen atoms in total. The Kier molecular flexibility index (Phi) is 6.32. The number of hydrogen-bond acceptors (Lipinski definition) is 5. The van der Waals surface area contributed by atoms with Crippen molar-refractivity contribution in [3.63, 3.8) is 0 Å². The van der Waals surface area contributed by atoms with Gasteiger partial charge in [-0.2, -0.15) is 0 Å². The van der Waals surface area contributed by atoms with Crippen LogP contribution in [-0.2, 0) is 21.5 Å². The van der Waals surface area contributed by atoms with Gasteiger partial charge in [-0.05, 0) is 73.1 Å². The summed E-state index contributed by atoms with van der Waals surface area (Å²) in [6.45, 7) is 1.97. The highest BCUT2D eigenvalue weighted by Crippen LogP contribution is 2.42. The Bertz CT molecular complexity index is 841. The lowest BCUT2D eigenvalue weighted by Gasteiger charge is -2.37. The van der Waals surface area contributed by atoms with Crippen LogP contribution in [-0.4, -0.2) is 45.8 Å². The van der Waals surface area contributed by atoms with Gasteiger partial charge >= 0.3 is 0 Å². The fourth-order valence-corrected chi connectivity index (χ4v) is 5.14. The van der Waals surface area contributed by atoms with E-state index in [9.17, 15) is 5.11 Å². The Hall–Kier alpha value is -2.08. The molecule has 1 saturated heterocycles. The SMILES string of the molecule is COc1ccc2c(c1)CCCC2(O)c1ccc(N2CCC(C(OC)OC)CC2)cc1. The van der Waals surface area contributed by atoms with E-state index in [1.54, 1.807) is 21.3 Å². The van der Waals surface area contributed by atoms with E-state index in [0.717, 1.165) is 62.1 Å². The minimum Gasteiger partial charge on any atom is -0.497 e. The summed E-state index contributed by atoms with van der Waals surface area (Å²) in [7, 11) is 5.11. The molecule has 0 amide bonds. The Morgan fingerprint density at radius 3 is 2.33 bits per heavy atom. The lowest BCUT2D eigenvalue weighted by atomic mass is 9.75. The van der Waals surface area contributed by atoms with Gasteiger partial charge in [-0.3, -0.25) is 0 Å². The van der Waals surface area contributed by atoms with E-state index in [2.05, 4.69) is 35.2 Å². The van der Waals surface area contributed by atoms with Crippen LogP contribution in [0.5, 0.6) is 5.75 Å². The molecule has 1 aliphatic carbocycles. The van der Waals surface area contributed by atoms with Crippen molar-refractivity contribution in [2.24, 2.45) is 5.92 Å². The van der Waals surface area contributed by atoms with E-state index in [4.69, 9.17) is 14.2 Å². The molecule has 2 aromatic carbocycles. The molecule has 0 aromatic heterocycles. The maximum atomic E-state index is 11.6. The van der Waals surface area contributed by atoms with Crippen molar-refractivity contribution in [3.8, 4) is 5.75 Å². The minimum absolute atomic E-state index is 0.117. The Balaban J connectivity index is 1.50. The first kappa shape index (κ1) is 21.2. The van der Waals surface area contributed by atoms with Crippen molar-refractivity contribution < 1.29 is 19.3 Å².